The molecule has 2 aromatic rings. The molecule has 1 fully saturated rings. The summed E-state index contributed by atoms with van der Waals surface area (Å²) in [5, 5.41) is 0. The third kappa shape index (κ3) is 4.95. The number of hydrogen-bond acceptors (Lipinski definition) is 5. The average Bonchev–Trinajstić information content (AvgIpc) is 2.73. The van der Waals surface area contributed by atoms with Crippen molar-refractivity contribution in [1.29, 1.82) is 0 Å². The SMILES string of the molecule is C#CCNS(=O)(=O)c1cccc(C(=O)N2CCN(Cc3cccnc3)CC2)c1. The number of amides is 1. The highest BCUT2D eigenvalue weighted by molar-refractivity contribution is 7.89. The molecule has 0 radical (unpaired) electrons. The molecule has 1 aliphatic rings. The Balaban J connectivity index is 1.62. The first-order valence-corrected chi connectivity index (χ1v) is 10.4. The molecule has 0 saturated carbocycles. The molecule has 1 saturated heterocycles. The Morgan fingerprint density at radius 2 is 1.96 bits per heavy atom. The number of rotatable bonds is 6. The van der Waals surface area contributed by atoms with Gasteiger partial charge in [-0.05, 0) is 29.8 Å². The maximum atomic E-state index is 12.8. The van der Waals surface area contributed by atoms with Crippen LogP contribution in [0, 0.1) is 12.3 Å². The maximum Gasteiger partial charge on any atom is 0.253 e. The summed E-state index contributed by atoms with van der Waals surface area (Å²) in [5.41, 5.74) is 1.49. The Morgan fingerprint density at radius 1 is 1.18 bits per heavy atom. The van der Waals surface area contributed by atoms with Crippen LogP contribution in [-0.2, 0) is 16.6 Å². The van der Waals surface area contributed by atoms with E-state index in [9.17, 15) is 13.2 Å². The number of benzene rings is 1. The summed E-state index contributed by atoms with van der Waals surface area (Å²) in [6.45, 7) is 3.38. The molecule has 0 unspecified atom stereocenters. The van der Waals surface area contributed by atoms with Crippen molar-refractivity contribution in [3.05, 3.63) is 59.9 Å². The van der Waals surface area contributed by atoms with Crippen molar-refractivity contribution >= 4 is 15.9 Å². The van der Waals surface area contributed by atoms with Gasteiger partial charge in [0.2, 0.25) is 10.0 Å². The van der Waals surface area contributed by atoms with E-state index >= 15 is 0 Å². The van der Waals surface area contributed by atoms with Crippen LogP contribution in [0.15, 0.2) is 53.7 Å². The predicted molar refractivity (Wildman–Crippen MR) is 106 cm³/mol. The van der Waals surface area contributed by atoms with Gasteiger partial charge in [-0.1, -0.05) is 18.1 Å². The van der Waals surface area contributed by atoms with Crippen molar-refractivity contribution < 1.29 is 13.2 Å². The largest absolute Gasteiger partial charge is 0.336 e. The van der Waals surface area contributed by atoms with Gasteiger partial charge in [-0.25, -0.2) is 8.42 Å². The number of piperazine rings is 1. The number of nitrogens with one attached hydrogen (secondary N) is 1. The average molecular weight is 398 g/mol. The van der Waals surface area contributed by atoms with Gasteiger partial charge in [0.15, 0.2) is 0 Å². The zero-order chi connectivity index (χ0) is 20.0. The summed E-state index contributed by atoms with van der Waals surface area (Å²) in [6.07, 6.45) is 8.70. The normalized spacial score (nSPS) is 15.2. The Morgan fingerprint density at radius 3 is 2.64 bits per heavy atom. The van der Waals surface area contributed by atoms with E-state index < -0.39 is 10.0 Å². The third-order valence-electron chi connectivity index (χ3n) is 4.54. The van der Waals surface area contributed by atoms with E-state index in [4.69, 9.17) is 6.42 Å². The highest BCUT2D eigenvalue weighted by atomic mass is 32.2. The summed E-state index contributed by atoms with van der Waals surface area (Å²) >= 11 is 0. The molecule has 1 aromatic carbocycles. The molecule has 146 valence electrons. The van der Waals surface area contributed by atoms with Crippen LogP contribution in [0.25, 0.3) is 0 Å². The molecular weight excluding hydrogens is 376 g/mol. The van der Waals surface area contributed by atoms with Crippen LogP contribution in [0.2, 0.25) is 0 Å². The molecule has 0 aliphatic carbocycles. The molecule has 0 spiro atoms. The number of nitrogens with zero attached hydrogens (tertiary/aromatic N) is 3. The van der Waals surface area contributed by atoms with E-state index in [0.29, 0.717) is 18.7 Å². The van der Waals surface area contributed by atoms with Crippen LogP contribution in [0.5, 0.6) is 0 Å². The van der Waals surface area contributed by atoms with Crippen LogP contribution in [-0.4, -0.2) is 61.8 Å². The van der Waals surface area contributed by atoms with Gasteiger partial charge in [0.05, 0.1) is 11.4 Å². The molecule has 1 aliphatic heterocycles. The zero-order valence-corrected chi connectivity index (χ0v) is 16.2. The van der Waals surface area contributed by atoms with Crippen molar-refractivity contribution in [1.82, 2.24) is 19.5 Å². The van der Waals surface area contributed by atoms with E-state index in [2.05, 4.69) is 20.5 Å². The minimum Gasteiger partial charge on any atom is -0.336 e. The monoisotopic (exact) mass is 398 g/mol. The zero-order valence-electron chi connectivity index (χ0n) is 15.4. The minimum absolute atomic E-state index is 0.0313. The molecule has 8 heteroatoms. The van der Waals surface area contributed by atoms with Crippen LogP contribution in [0.1, 0.15) is 15.9 Å². The first-order valence-electron chi connectivity index (χ1n) is 8.93. The van der Waals surface area contributed by atoms with Gasteiger partial charge < -0.3 is 4.90 Å². The van der Waals surface area contributed by atoms with Gasteiger partial charge in [-0.2, -0.15) is 4.72 Å². The van der Waals surface area contributed by atoms with Crippen LogP contribution in [0.4, 0.5) is 0 Å². The van der Waals surface area contributed by atoms with E-state index in [-0.39, 0.29) is 17.3 Å². The quantitative estimate of drug-likeness (QED) is 0.733. The Labute approximate surface area is 165 Å². The van der Waals surface area contributed by atoms with Gasteiger partial charge >= 0.3 is 0 Å². The number of carbonyl (C=O) groups excluding carboxylic acids is 1. The smallest absolute Gasteiger partial charge is 0.253 e. The Bertz CT molecular complexity index is 962. The second-order valence-electron chi connectivity index (χ2n) is 6.49. The van der Waals surface area contributed by atoms with Crippen molar-refractivity contribution in [2.24, 2.45) is 0 Å². The summed E-state index contributed by atoms with van der Waals surface area (Å²) < 4.78 is 26.7. The fourth-order valence-corrected chi connectivity index (χ4v) is 4.04. The fourth-order valence-electron chi connectivity index (χ4n) is 3.06. The lowest BCUT2D eigenvalue weighted by molar-refractivity contribution is 0.0628. The van der Waals surface area contributed by atoms with Gasteiger partial charge in [-0.3, -0.25) is 14.7 Å². The highest BCUT2D eigenvalue weighted by Gasteiger charge is 2.23. The Kier molecular flexibility index (Phi) is 6.41. The van der Waals surface area contributed by atoms with Gasteiger partial charge in [0.25, 0.3) is 5.91 Å². The molecule has 1 aromatic heterocycles. The molecule has 0 atom stereocenters. The molecule has 28 heavy (non-hydrogen) atoms. The lowest BCUT2D eigenvalue weighted by Crippen LogP contribution is -2.48. The molecular formula is C20H22N4O3S. The molecule has 3 rings (SSSR count). The molecule has 1 amide bonds. The van der Waals surface area contributed by atoms with E-state index in [1.165, 1.54) is 12.1 Å². The number of hydrogen-bond donors (Lipinski definition) is 1. The van der Waals surface area contributed by atoms with E-state index in [1.807, 2.05) is 18.3 Å². The number of terminal acetylenes is 1. The standard InChI is InChI=1S/C20H22N4O3S/c1-2-8-22-28(26,27)19-7-3-6-18(14-19)20(25)24-12-10-23(11-13-24)16-17-5-4-9-21-15-17/h1,3-7,9,14-15,22H,8,10-13,16H2. The second-order valence-corrected chi connectivity index (χ2v) is 8.25. The number of aromatic nitrogens is 1. The fraction of sp³-hybridized carbons (Fsp3) is 0.300. The van der Waals surface area contributed by atoms with Gasteiger partial charge in [0.1, 0.15) is 0 Å². The van der Waals surface area contributed by atoms with Gasteiger partial charge in [0, 0.05) is 50.7 Å². The minimum atomic E-state index is -3.73. The molecule has 7 nitrogen and oxygen atoms in total. The maximum absolute atomic E-state index is 12.8. The highest BCUT2D eigenvalue weighted by Crippen LogP contribution is 2.15. The lowest BCUT2D eigenvalue weighted by atomic mass is 10.1. The predicted octanol–water partition coefficient (Wildman–Crippen LogP) is 0.951. The summed E-state index contributed by atoms with van der Waals surface area (Å²) in [4.78, 5) is 21.0. The summed E-state index contributed by atoms with van der Waals surface area (Å²) in [6, 6.07) is 9.98. The lowest BCUT2D eigenvalue weighted by Gasteiger charge is -2.34. The first-order chi connectivity index (χ1) is 13.5. The van der Waals surface area contributed by atoms with Crippen molar-refractivity contribution in [2.45, 2.75) is 11.4 Å². The Hall–Kier alpha value is -2.73. The number of pyridine rings is 1. The van der Waals surface area contributed by atoms with Crippen molar-refractivity contribution in [3.63, 3.8) is 0 Å². The summed E-state index contributed by atoms with van der Waals surface area (Å²) in [7, 11) is -3.73. The van der Waals surface area contributed by atoms with Gasteiger partial charge in [-0.15, -0.1) is 6.42 Å². The summed E-state index contributed by atoms with van der Waals surface area (Å²) in [5.74, 6) is 2.06. The van der Waals surface area contributed by atoms with Crippen LogP contribution >= 0.6 is 0 Å². The van der Waals surface area contributed by atoms with Crippen molar-refractivity contribution in [2.75, 3.05) is 32.7 Å². The van der Waals surface area contributed by atoms with Crippen LogP contribution < -0.4 is 4.72 Å². The molecule has 2 heterocycles. The van der Waals surface area contributed by atoms with E-state index in [0.717, 1.165) is 25.2 Å². The number of sulfonamides is 1. The van der Waals surface area contributed by atoms with Crippen molar-refractivity contribution in [3.8, 4) is 12.3 Å². The van der Waals surface area contributed by atoms with Crippen LogP contribution in [0.3, 0.4) is 0 Å². The third-order valence-corrected chi connectivity index (χ3v) is 5.94. The molecule has 1 N–H and O–H groups in total. The number of carbonyl (C=O) groups is 1. The topological polar surface area (TPSA) is 82.6 Å². The van der Waals surface area contributed by atoms with E-state index in [1.54, 1.807) is 23.2 Å². The first kappa shape index (κ1) is 20.0. The molecule has 0 bridgehead atoms. The second kappa shape index (κ2) is 8.97.